The summed E-state index contributed by atoms with van der Waals surface area (Å²) in [6, 6.07) is 4.91. The summed E-state index contributed by atoms with van der Waals surface area (Å²) >= 11 is 12.1. The summed E-state index contributed by atoms with van der Waals surface area (Å²) in [6.45, 7) is -0.393. The fraction of sp³-hybridized carbons (Fsp3) is 0.579. The molecule has 0 aromatic heterocycles. The molecule has 4 bridgehead atoms. The predicted molar refractivity (Wildman–Crippen MR) is 98.1 cm³/mol. The van der Waals surface area contributed by atoms with Gasteiger partial charge in [-0.25, -0.2) is 0 Å². The molecule has 4 aliphatic rings. The number of anilines is 1. The molecule has 0 radical (unpaired) electrons. The molecule has 4 aliphatic carbocycles. The first-order valence-corrected chi connectivity index (χ1v) is 9.68. The number of halogens is 2. The second-order valence-corrected chi connectivity index (χ2v) is 9.00. The van der Waals surface area contributed by atoms with Gasteiger partial charge < -0.3 is 15.2 Å². The zero-order valence-electron chi connectivity index (χ0n) is 14.3. The molecule has 7 heteroatoms. The molecule has 5 nitrogen and oxygen atoms in total. The number of amides is 1. The number of nitrogens with one attached hydrogen (secondary N) is 1. The van der Waals surface area contributed by atoms with Gasteiger partial charge in [0.15, 0.2) is 6.61 Å². The summed E-state index contributed by atoms with van der Waals surface area (Å²) in [5.74, 6) is -0.101. The van der Waals surface area contributed by atoms with Gasteiger partial charge in [-0.15, -0.1) is 0 Å². The zero-order chi connectivity index (χ0) is 18.5. The number of carbonyl (C=O) groups is 2. The number of aliphatic hydroxyl groups is 1. The van der Waals surface area contributed by atoms with Crippen LogP contribution in [0.2, 0.25) is 10.0 Å². The van der Waals surface area contributed by atoms with E-state index in [1.54, 1.807) is 18.2 Å². The van der Waals surface area contributed by atoms with Gasteiger partial charge in [0.25, 0.3) is 5.91 Å². The van der Waals surface area contributed by atoms with Gasteiger partial charge in [0.2, 0.25) is 0 Å². The van der Waals surface area contributed by atoms with Crippen LogP contribution in [-0.2, 0) is 14.3 Å². The van der Waals surface area contributed by atoms with Crippen molar-refractivity contribution in [3.8, 4) is 0 Å². The Bertz CT molecular complexity index is 732. The number of para-hydroxylation sites is 1. The summed E-state index contributed by atoms with van der Waals surface area (Å²) < 4.78 is 5.34. The number of rotatable bonds is 4. The van der Waals surface area contributed by atoms with Gasteiger partial charge in [0.05, 0.1) is 26.7 Å². The van der Waals surface area contributed by atoms with Crippen LogP contribution in [0.15, 0.2) is 18.2 Å². The second kappa shape index (κ2) is 6.39. The third-order valence-corrected chi connectivity index (χ3v) is 6.65. The molecule has 0 spiro atoms. The third kappa shape index (κ3) is 3.21. The Morgan fingerprint density at radius 3 is 2.35 bits per heavy atom. The highest BCUT2D eigenvalue weighted by Gasteiger charge is 2.60. The molecule has 26 heavy (non-hydrogen) atoms. The van der Waals surface area contributed by atoms with Crippen LogP contribution in [0.1, 0.15) is 38.5 Å². The molecule has 2 N–H and O–H groups in total. The van der Waals surface area contributed by atoms with E-state index in [-0.39, 0.29) is 5.97 Å². The Labute approximate surface area is 162 Å². The molecule has 1 aromatic rings. The lowest BCUT2D eigenvalue weighted by atomic mass is 9.48. The van der Waals surface area contributed by atoms with Crippen molar-refractivity contribution >= 4 is 40.8 Å². The lowest BCUT2D eigenvalue weighted by molar-refractivity contribution is -0.196. The molecule has 4 fully saturated rings. The van der Waals surface area contributed by atoms with E-state index < -0.39 is 23.5 Å². The average Bonchev–Trinajstić information content (AvgIpc) is 2.54. The van der Waals surface area contributed by atoms with Gasteiger partial charge in [-0.05, 0) is 62.5 Å². The van der Waals surface area contributed by atoms with Crippen molar-refractivity contribution in [1.29, 1.82) is 0 Å². The highest BCUT2D eigenvalue weighted by atomic mass is 35.5. The lowest BCUT2D eigenvalue weighted by Gasteiger charge is -2.58. The van der Waals surface area contributed by atoms with E-state index in [2.05, 4.69) is 5.32 Å². The molecular formula is C19H21Cl2NO4. The minimum atomic E-state index is -0.740. The number of ether oxygens (including phenoxy) is 1. The minimum Gasteiger partial charge on any atom is -0.455 e. The van der Waals surface area contributed by atoms with E-state index in [0.29, 0.717) is 34.0 Å². The smallest absolute Gasteiger partial charge is 0.312 e. The highest BCUT2D eigenvalue weighted by molar-refractivity contribution is 6.39. The van der Waals surface area contributed by atoms with Crippen LogP contribution in [0.5, 0.6) is 0 Å². The van der Waals surface area contributed by atoms with Crippen LogP contribution < -0.4 is 5.32 Å². The van der Waals surface area contributed by atoms with Crippen LogP contribution in [0.4, 0.5) is 5.69 Å². The molecule has 2 unspecified atom stereocenters. The molecule has 0 saturated heterocycles. The van der Waals surface area contributed by atoms with Crippen LogP contribution in [0.25, 0.3) is 0 Å². The first kappa shape index (κ1) is 18.1. The Morgan fingerprint density at radius 2 is 1.77 bits per heavy atom. The SMILES string of the molecule is O=C(COC(=O)C12CC3CC(CC(O)(C3)C1)C2)Nc1c(Cl)cccc1Cl. The number of carbonyl (C=O) groups excluding carboxylic acids is 2. The van der Waals surface area contributed by atoms with Crippen LogP contribution >= 0.6 is 23.2 Å². The predicted octanol–water partition coefficient (Wildman–Crippen LogP) is 3.81. The van der Waals surface area contributed by atoms with E-state index >= 15 is 0 Å². The molecule has 5 rings (SSSR count). The largest absolute Gasteiger partial charge is 0.455 e. The fourth-order valence-electron chi connectivity index (χ4n) is 5.53. The van der Waals surface area contributed by atoms with E-state index in [4.69, 9.17) is 27.9 Å². The van der Waals surface area contributed by atoms with Crippen LogP contribution in [0.3, 0.4) is 0 Å². The Balaban J connectivity index is 1.39. The maximum atomic E-state index is 12.8. The normalized spacial score (nSPS) is 34.6. The Hall–Kier alpha value is -1.30. The molecule has 1 amide bonds. The van der Waals surface area contributed by atoms with Crippen molar-refractivity contribution in [3.63, 3.8) is 0 Å². The molecule has 2 atom stereocenters. The standard InChI is InChI=1S/C19H21Cl2NO4/c20-13-2-1-3-14(21)16(13)22-15(23)9-26-17(24)18-5-11-4-12(6-18)8-19(25,7-11)10-18/h1-3,11-12,25H,4-10H2,(H,22,23). The van der Waals surface area contributed by atoms with Crippen molar-refractivity contribution in [2.75, 3.05) is 11.9 Å². The first-order valence-electron chi connectivity index (χ1n) is 8.92. The van der Waals surface area contributed by atoms with E-state index in [9.17, 15) is 14.7 Å². The average molecular weight is 398 g/mol. The number of benzene rings is 1. The van der Waals surface area contributed by atoms with E-state index in [0.717, 1.165) is 32.1 Å². The second-order valence-electron chi connectivity index (χ2n) is 8.19. The van der Waals surface area contributed by atoms with Gasteiger partial charge in [-0.1, -0.05) is 29.3 Å². The number of hydrogen-bond acceptors (Lipinski definition) is 4. The maximum absolute atomic E-state index is 12.8. The summed E-state index contributed by atoms with van der Waals surface area (Å²) in [5, 5.41) is 14.0. The molecule has 140 valence electrons. The molecule has 0 heterocycles. The summed E-state index contributed by atoms with van der Waals surface area (Å²) in [6.07, 6.45) is 4.60. The van der Waals surface area contributed by atoms with Crippen molar-refractivity contribution in [1.82, 2.24) is 0 Å². The number of hydrogen-bond donors (Lipinski definition) is 2. The first-order chi connectivity index (χ1) is 12.3. The molecular weight excluding hydrogens is 377 g/mol. The van der Waals surface area contributed by atoms with Crippen LogP contribution in [-0.4, -0.2) is 29.2 Å². The molecule has 1 aromatic carbocycles. The van der Waals surface area contributed by atoms with Crippen molar-refractivity contribution in [2.45, 2.75) is 44.1 Å². The monoisotopic (exact) mass is 397 g/mol. The summed E-state index contributed by atoms with van der Waals surface area (Å²) in [5.41, 5.74) is -1.07. The summed E-state index contributed by atoms with van der Waals surface area (Å²) in [4.78, 5) is 24.9. The van der Waals surface area contributed by atoms with Crippen molar-refractivity contribution in [3.05, 3.63) is 28.2 Å². The van der Waals surface area contributed by atoms with Crippen molar-refractivity contribution in [2.24, 2.45) is 17.3 Å². The fourth-order valence-corrected chi connectivity index (χ4v) is 6.02. The van der Waals surface area contributed by atoms with Gasteiger partial charge in [0.1, 0.15) is 0 Å². The van der Waals surface area contributed by atoms with Gasteiger partial charge in [0, 0.05) is 0 Å². The van der Waals surface area contributed by atoms with Crippen LogP contribution in [0, 0.1) is 17.3 Å². The van der Waals surface area contributed by atoms with Gasteiger partial charge >= 0.3 is 5.97 Å². The minimum absolute atomic E-state index is 0.306. The van der Waals surface area contributed by atoms with Gasteiger partial charge in [-0.3, -0.25) is 9.59 Å². The van der Waals surface area contributed by atoms with Crippen molar-refractivity contribution < 1.29 is 19.4 Å². The topological polar surface area (TPSA) is 75.6 Å². The maximum Gasteiger partial charge on any atom is 0.312 e. The molecule has 4 saturated carbocycles. The zero-order valence-corrected chi connectivity index (χ0v) is 15.8. The summed E-state index contributed by atoms with van der Waals surface area (Å²) in [7, 11) is 0. The van der Waals surface area contributed by atoms with E-state index in [1.807, 2.05) is 0 Å². The lowest BCUT2D eigenvalue weighted by Crippen LogP contribution is -2.58. The molecule has 0 aliphatic heterocycles. The Morgan fingerprint density at radius 1 is 1.15 bits per heavy atom. The number of esters is 1. The van der Waals surface area contributed by atoms with Gasteiger partial charge in [-0.2, -0.15) is 0 Å². The van der Waals surface area contributed by atoms with E-state index in [1.165, 1.54) is 0 Å². The quantitative estimate of drug-likeness (QED) is 0.757. The Kier molecular flexibility index (Phi) is 4.45. The third-order valence-electron chi connectivity index (χ3n) is 6.02. The highest BCUT2D eigenvalue weighted by Crippen LogP contribution is 2.61.